The van der Waals surface area contributed by atoms with Gasteiger partial charge in [0.05, 0.1) is 12.2 Å². The van der Waals surface area contributed by atoms with Crippen LogP contribution in [-0.2, 0) is 22.7 Å². The molecule has 43 heavy (non-hydrogen) atoms. The van der Waals surface area contributed by atoms with Crippen LogP contribution < -0.4 is 20.7 Å². The lowest BCUT2D eigenvalue weighted by molar-refractivity contribution is -0.128. The van der Waals surface area contributed by atoms with Gasteiger partial charge in [-0.2, -0.15) is 8.78 Å². The number of alkyl halides is 2. The Balaban J connectivity index is 1.65. The van der Waals surface area contributed by atoms with E-state index < -0.39 is 18.3 Å². The van der Waals surface area contributed by atoms with Gasteiger partial charge in [0.15, 0.2) is 0 Å². The Hall–Kier alpha value is -4.38. The van der Waals surface area contributed by atoms with Crippen LogP contribution in [0.25, 0.3) is 0 Å². The maximum atomic E-state index is 14.6. The van der Waals surface area contributed by atoms with Crippen LogP contribution in [0.15, 0.2) is 54.6 Å². The number of anilines is 2. The lowest BCUT2D eigenvalue weighted by Gasteiger charge is -2.21. The number of halogens is 3. The van der Waals surface area contributed by atoms with E-state index in [1.54, 1.807) is 7.05 Å². The second-order valence-corrected chi connectivity index (χ2v) is 10.3. The molecule has 0 spiro atoms. The van der Waals surface area contributed by atoms with E-state index in [1.165, 1.54) is 47.8 Å². The molecule has 0 saturated carbocycles. The van der Waals surface area contributed by atoms with Crippen LogP contribution in [0.4, 0.5) is 24.5 Å². The molecule has 3 N–H and O–H groups in total. The van der Waals surface area contributed by atoms with Crippen LogP contribution in [0.1, 0.15) is 58.3 Å². The molecule has 3 rings (SSSR count). The van der Waals surface area contributed by atoms with Crippen LogP contribution in [0.3, 0.4) is 0 Å². The average molecular weight is 599 g/mol. The van der Waals surface area contributed by atoms with Crippen molar-refractivity contribution in [2.24, 2.45) is 0 Å². The highest BCUT2D eigenvalue weighted by molar-refractivity contribution is 5.91. The first kappa shape index (κ1) is 33.1. The number of aryl methyl sites for hydroxylation is 1. The van der Waals surface area contributed by atoms with Crippen molar-refractivity contribution in [3.8, 4) is 5.75 Å². The van der Waals surface area contributed by atoms with Gasteiger partial charge in [-0.3, -0.25) is 14.4 Å². The number of carbonyl (C=O) groups is 3. The Morgan fingerprint density at radius 3 is 2.49 bits per heavy atom. The fraction of sp³-hybridized carbons (Fsp3) is 0.344. The molecule has 0 saturated heterocycles. The second-order valence-electron chi connectivity index (χ2n) is 10.3. The molecule has 0 fully saturated rings. The van der Waals surface area contributed by atoms with Crippen molar-refractivity contribution in [2.75, 3.05) is 31.3 Å². The van der Waals surface area contributed by atoms with Gasteiger partial charge in [-0.1, -0.05) is 31.2 Å². The lowest BCUT2D eigenvalue weighted by Crippen LogP contribution is -2.32. The molecule has 8 nitrogen and oxygen atoms in total. The molecule has 230 valence electrons. The summed E-state index contributed by atoms with van der Waals surface area (Å²) < 4.78 is 45.4. The first-order chi connectivity index (χ1) is 20.5. The average Bonchev–Trinajstić information content (AvgIpc) is 2.96. The normalized spacial score (nSPS) is 11.6. The van der Waals surface area contributed by atoms with Gasteiger partial charge in [0.25, 0.3) is 0 Å². The fourth-order valence-corrected chi connectivity index (χ4v) is 4.73. The zero-order valence-corrected chi connectivity index (χ0v) is 24.7. The molecule has 11 heteroatoms. The van der Waals surface area contributed by atoms with Crippen LogP contribution in [0.2, 0.25) is 0 Å². The molecule has 0 aliphatic rings. The van der Waals surface area contributed by atoms with E-state index in [2.05, 4.69) is 27.6 Å². The van der Waals surface area contributed by atoms with Crippen molar-refractivity contribution in [3.63, 3.8) is 0 Å². The molecular formula is C32H37F3N4O4. The van der Waals surface area contributed by atoms with Crippen LogP contribution in [-0.4, -0.2) is 50.3 Å². The van der Waals surface area contributed by atoms with Gasteiger partial charge in [0.1, 0.15) is 17.9 Å². The van der Waals surface area contributed by atoms with Crippen molar-refractivity contribution in [1.29, 1.82) is 0 Å². The standard InChI is InChI=1S/C32H37F3N4O4/c1-20-7-5-6-8-26(20)21(2)9-12-30(41)38-25-10-11-29(43-32(34)35)23(13-25)18-39(4)31(42)17-37-28-15-24(19-40)22(16-36-3)14-27(28)33/h5-8,10-11,13-15,19,21,32,36-37H,9,12,16-18H2,1-4H3,(H,38,41)/t21-/m0/s1. The zero-order valence-electron chi connectivity index (χ0n) is 24.7. The molecule has 0 radical (unpaired) electrons. The predicted octanol–water partition coefficient (Wildman–Crippen LogP) is 5.86. The molecule has 3 aromatic rings. The van der Waals surface area contributed by atoms with E-state index in [0.717, 1.165) is 5.56 Å². The summed E-state index contributed by atoms with van der Waals surface area (Å²) in [6.07, 6.45) is 1.47. The number of ether oxygens (including phenoxy) is 1. The largest absolute Gasteiger partial charge is 0.434 e. The van der Waals surface area contributed by atoms with Crippen molar-refractivity contribution >= 4 is 29.5 Å². The summed E-state index contributed by atoms with van der Waals surface area (Å²) in [5.74, 6) is -1.32. The summed E-state index contributed by atoms with van der Waals surface area (Å²) in [7, 11) is 3.13. The molecule has 0 aromatic heterocycles. The molecule has 0 bridgehead atoms. The third kappa shape index (κ3) is 9.57. The van der Waals surface area contributed by atoms with E-state index >= 15 is 0 Å². The van der Waals surface area contributed by atoms with E-state index in [4.69, 9.17) is 0 Å². The maximum Gasteiger partial charge on any atom is 0.387 e. The zero-order chi connectivity index (χ0) is 31.5. The molecule has 0 heterocycles. The number of benzene rings is 3. The van der Waals surface area contributed by atoms with Gasteiger partial charge >= 0.3 is 6.61 Å². The molecular weight excluding hydrogens is 561 g/mol. The van der Waals surface area contributed by atoms with E-state index in [1.807, 2.05) is 31.2 Å². The first-order valence-corrected chi connectivity index (χ1v) is 13.9. The van der Waals surface area contributed by atoms with Crippen LogP contribution >= 0.6 is 0 Å². The Morgan fingerprint density at radius 1 is 1.07 bits per heavy atom. The third-order valence-electron chi connectivity index (χ3n) is 7.07. The number of likely N-dealkylation sites (N-methyl/N-ethyl adjacent to an activating group) is 1. The minimum Gasteiger partial charge on any atom is -0.434 e. The lowest BCUT2D eigenvalue weighted by atomic mass is 9.92. The number of hydrogen-bond acceptors (Lipinski definition) is 6. The minimum absolute atomic E-state index is 0.0214. The van der Waals surface area contributed by atoms with E-state index in [9.17, 15) is 27.6 Å². The number of amides is 2. The number of aldehydes is 1. The van der Waals surface area contributed by atoms with Gasteiger partial charge in [-0.25, -0.2) is 4.39 Å². The third-order valence-corrected chi connectivity index (χ3v) is 7.07. The first-order valence-electron chi connectivity index (χ1n) is 13.9. The molecule has 3 aromatic carbocycles. The molecule has 2 amide bonds. The second kappa shape index (κ2) is 15.7. The molecule has 0 aliphatic carbocycles. The quantitative estimate of drug-likeness (QED) is 0.190. The van der Waals surface area contributed by atoms with E-state index in [-0.39, 0.29) is 53.9 Å². The monoisotopic (exact) mass is 598 g/mol. The van der Waals surface area contributed by atoms with Crippen LogP contribution in [0, 0.1) is 12.7 Å². The number of carbonyl (C=O) groups excluding carboxylic acids is 3. The van der Waals surface area contributed by atoms with Gasteiger partial charge in [0.2, 0.25) is 11.8 Å². The van der Waals surface area contributed by atoms with E-state index in [0.29, 0.717) is 30.5 Å². The van der Waals surface area contributed by atoms with Crippen molar-refractivity contribution in [3.05, 3.63) is 88.2 Å². The van der Waals surface area contributed by atoms with Crippen molar-refractivity contribution in [2.45, 2.75) is 52.3 Å². The smallest absolute Gasteiger partial charge is 0.387 e. The highest BCUT2D eigenvalue weighted by Gasteiger charge is 2.18. The summed E-state index contributed by atoms with van der Waals surface area (Å²) in [5, 5.41) is 8.34. The summed E-state index contributed by atoms with van der Waals surface area (Å²) in [5.41, 5.74) is 3.67. The summed E-state index contributed by atoms with van der Waals surface area (Å²) in [6, 6.07) is 14.8. The van der Waals surface area contributed by atoms with Gasteiger partial charge < -0.3 is 25.6 Å². The summed E-state index contributed by atoms with van der Waals surface area (Å²) >= 11 is 0. The Kier molecular flexibility index (Phi) is 12.1. The SMILES string of the molecule is CNCc1cc(F)c(NCC(=O)N(C)Cc2cc(NC(=O)CC[C@H](C)c3ccccc3C)ccc2OC(F)F)cc1C=O. The van der Waals surface area contributed by atoms with Crippen molar-refractivity contribution in [1.82, 2.24) is 10.2 Å². The Labute approximate surface area is 249 Å². The summed E-state index contributed by atoms with van der Waals surface area (Å²) in [6.45, 7) is 0.837. The maximum absolute atomic E-state index is 14.6. The molecule has 0 aliphatic heterocycles. The van der Waals surface area contributed by atoms with Crippen LogP contribution in [0.5, 0.6) is 5.75 Å². The van der Waals surface area contributed by atoms with Gasteiger partial charge in [-0.05, 0) is 73.3 Å². The summed E-state index contributed by atoms with van der Waals surface area (Å²) in [4.78, 5) is 38.2. The number of nitrogens with zero attached hydrogens (tertiary/aromatic N) is 1. The molecule has 1 atom stereocenters. The minimum atomic E-state index is -3.09. The van der Waals surface area contributed by atoms with Gasteiger partial charge in [-0.15, -0.1) is 0 Å². The Bertz CT molecular complexity index is 1430. The van der Waals surface area contributed by atoms with Crippen molar-refractivity contribution < 1.29 is 32.3 Å². The van der Waals surface area contributed by atoms with Gasteiger partial charge in [0, 0.05) is 43.4 Å². The highest BCUT2D eigenvalue weighted by Crippen LogP contribution is 2.28. The highest BCUT2D eigenvalue weighted by atomic mass is 19.3. The molecule has 0 unspecified atom stereocenters. The number of rotatable bonds is 15. The Morgan fingerprint density at radius 2 is 1.81 bits per heavy atom. The number of nitrogens with one attached hydrogen (secondary N) is 3. The predicted molar refractivity (Wildman–Crippen MR) is 160 cm³/mol. The fourth-order valence-electron chi connectivity index (χ4n) is 4.73. The topological polar surface area (TPSA) is 99.8 Å². The number of hydrogen-bond donors (Lipinski definition) is 3.